The summed E-state index contributed by atoms with van der Waals surface area (Å²) in [6.07, 6.45) is 0.943. The fourth-order valence-electron chi connectivity index (χ4n) is 3.72. The van der Waals surface area contributed by atoms with Gasteiger partial charge in [-0.05, 0) is 30.5 Å². The number of methoxy groups -OCH3 is 2. The molecule has 2 N–H and O–H groups in total. The maximum Gasteiger partial charge on any atom is 0.325 e. The number of hydrogen-bond donors (Lipinski definition) is 2. The molecule has 1 fully saturated rings. The van der Waals surface area contributed by atoms with Crippen LogP contribution in [0.4, 0.5) is 0 Å². The molecular formula is C21H25NO5. The predicted octanol–water partition coefficient (Wildman–Crippen LogP) is 2.81. The van der Waals surface area contributed by atoms with E-state index in [2.05, 4.69) is 0 Å². The van der Waals surface area contributed by atoms with Crippen molar-refractivity contribution < 1.29 is 24.5 Å². The fraction of sp³-hybridized carbons (Fsp3) is 0.381. The molecule has 1 aliphatic rings. The van der Waals surface area contributed by atoms with E-state index in [1.54, 1.807) is 25.3 Å². The molecule has 2 aromatic carbocycles. The second-order valence-corrected chi connectivity index (χ2v) is 6.78. The first-order valence-electron chi connectivity index (χ1n) is 8.95. The summed E-state index contributed by atoms with van der Waals surface area (Å²) in [4.78, 5) is 13.9. The van der Waals surface area contributed by atoms with Crippen molar-refractivity contribution in [2.75, 3.05) is 27.3 Å². The minimum atomic E-state index is -0.941. The number of aliphatic carboxylic acids is 1. The lowest BCUT2D eigenvalue weighted by Gasteiger charge is -2.41. The molecule has 0 aromatic heterocycles. The number of hydrogen-bond acceptors (Lipinski definition) is 5. The van der Waals surface area contributed by atoms with Gasteiger partial charge in [0.2, 0.25) is 0 Å². The standard InChI is InChI=1S/C21H25NO5/c1-26-16-8-9-17(18(14-16)27-2)19(20(23)24)22-12-10-21(25,11-13-22)15-6-4-3-5-7-15/h3-9,14,19,25H,10-13H2,1-2H3,(H,23,24). The van der Waals surface area contributed by atoms with Crippen molar-refractivity contribution in [3.05, 3.63) is 59.7 Å². The molecule has 1 saturated heterocycles. The Balaban J connectivity index is 1.83. The maximum absolute atomic E-state index is 12.1. The number of carbonyl (C=O) groups is 1. The van der Waals surface area contributed by atoms with Gasteiger partial charge >= 0.3 is 5.97 Å². The van der Waals surface area contributed by atoms with Crippen molar-refractivity contribution in [2.24, 2.45) is 0 Å². The number of piperidine rings is 1. The molecule has 1 atom stereocenters. The third kappa shape index (κ3) is 3.91. The molecule has 144 valence electrons. The second-order valence-electron chi connectivity index (χ2n) is 6.78. The van der Waals surface area contributed by atoms with Crippen molar-refractivity contribution in [3.63, 3.8) is 0 Å². The van der Waals surface area contributed by atoms with E-state index in [9.17, 15) is 15.0 Å². The number of likely N-dealkylation sites (tertiary alicyclic amines) is 1. The van der Waals surface area contributed by atoms with Crippen molar-refractivity contribution in [1.29, 1.82) is 0 Å². The van der Waals surface area contributed by atoms with Crippen LogP contribution < -0.4 is 9.47 Å². The van der Waals surface area contributed by atoms with Gasteiger partial charge in [-0.3, -0.25) is 9.69 Å². The number of rotatable bonds is 6. The van der Waals surface area contributed by atoms with Gasteiger partial charge in [0.05, 0.1) is 19.8 Å². The molecule has 0 aliphatic carbocycles. The number of ether oxygens (including phenoxy) is 2. The Morgan fingerprint density at radius 1 is 1.07 bits per heavy atom. The van der Waals surface area contributed by atoms with Gasteiger partial charge in [0.25, 0.3) is 0 Å². The molecule has 0 radical (unpaired) electrons. The van der Waals surface area contributed by atoms with Gasteiger partial charge in [0, 0.05) is 24.7 Å². The molecule has 0 saturated carbocycles. The number of nitrogens with zero attached hydrogens (tertiary/aromatic N) is 1. The zero-order chi connectivity index (χ0) is 19.4. The van der Waals surface area contributed by atoms with Crippen molar-refractivity contribution in [1.82, 2.24) is 4.90 Å². The van der Waals surface area contributed by atoms with Crippen molar-refractivity contribution in [2.45, 2.75) is 24.5 Å². The van der Waals surface area contributed by atoms with Crippen LogP contribution in [-0.4, -0.2) is 48.4 Å². The zero-order valence-electron chi connectivity index (χ0n) is 15.6. The molecule has 6 nitrogen and oxygen atoms in total. The van der Waals surface area contributed by atoms with Crippen LogP contribution in [0.3, 0.4) is 0 Å². The Morgan fingerprint density at radius 2 is 1.74 bits per heavy atom. The van der Waals surface area contributed by atoms with Gasteiger partial charge in [-0.1, -0.05) is 30.3 Å². The Hall–Kier alpha value is -2.57. The van der Waals surface area contributed by atoms with E-state index in [0.717, 1.165) is 5.56 Å². The first-order valence-corrected chi connectivity index (χ1v) is 8.95. The summed E-state index contributed by atoms with van der Waals surface area (Å²) in [5.74, 6) is 0.145. The lowest BCUT2D eigenvalue weighted by molar-refractivity contribution is -0.146. The SMILES string of the molecule is COc1ccc(C(C(=O)O)N2CCC(O)(c3ccccc3)CC2)c(OC)c1. The van der Waals surface area contributed by atoms with Crippen molar-refractivity contribution >= 4 is 5.97 Å². The predicted molar refractivity (Wildman–Crippen MR) is 101 cm³/mol. The molecule has 1 heterocycles. The third-order valence-electron chi connectivity index (χ3n) is 5.27. The number of benzene rings is 2. The van der Waals surface area contributed by atoms with Crippen LogP contribution in [0.5, 0.6) is 11.5 Å². The summed E-state index contributed by atoms with van der Waals surface area (Å²) in [6, 6.07) is 13.9. The van der Waals surface area contributed by atoms with Crippen LogP contribution in [-0.2, 0) is 10.4 Å². The van der Waals surface area contributed by atoms with E-state index in [0.29, 0.717) is 43.0 Å². The topological polar surface area (TPSA) is 79.2 Å². The highest BCUT2D eigenvalue weighted by molar-refractivity contribution is 5.77. The van der Waals surface area contributed by atoms with Gasteiger partial charge in [-0.25, -0.2) is 0 Å². The van der Waals surface area contributed by atoms with E-state index < -0.39 is 17.6 Å². The minimum Gasteiger partial charge on any atom is -0.497 e. The number of carboxylic acid groups (broad SMARTS) is 1. The summed E-state index contributed by atoms with van der Waals surface area (Å²) >= 11 is 0. The van der Waals surface area contributed by atoms with Crippen LogP contribution in [0, 0.1) is 0 Å². The summed E-state index contributed by atoms with van der Waals surface area (Å²) in [6.45, 7) is 0.940. The minimum absolute atomic E-state index is 0.470. The van der Waals surface area contributed by atoms with Gasteiger partial charge in [0.15, 0.2) is 0 Å². The average Bonchev–Trinajstić information content (AvgIpc) is 2.70. The summed E-state index contributed by atoms with van der Waals surface area (Å²) in [7, 11) is 3.07. The van der Waals surface area contributed by atoms with E-state index in [1.165, 1.54) is 7.11 Å². The molecule has 0 amide bonds. The lowest BCUT2D eigenvalue weighted by atomic mass is 9.83. The van der Waals surface area contributed by atoms with Crippen molar-refractivity contribution in [3.8, 4) is 11.5 Å². The molecule has 2 aromatic rings. The van der Waals surface area contributed by atoms with Gasteiger partial charge in [0.1, 0.15) is 17.5 Å². The first-order chi connectivity index (χ1) is 13.0. The molecule has 0 spiro atoms. The van der Waals surface area contributed by atoms with E-state index in [1.807, 2.05) is 35.2 Å². The average molecular weight is 371 g/mol. The summed E-state index contributed by atoms with van der Waals surface area (Å²) in [5, 5.41) is 20.9. The summed E-state index contributed by atoms with van der Waals surface area (Å²) < 4.78 is 10.6. The van der Waals surface area contributed by atoms with Gasteiger partial charge in [-0.2, -0.15) is 0 Å². The highest BCUT2D eigenvalue weighted by Crippen LogP contribution is 2.38. The van der Waals surface area contributed by atoms with Crippen LogP contribution >= 0.6 is 0 Å². The van der Waals surface area contributed by atoms with Crippen LogP contribution in [0.2, 0.25) is 0 Å². The highest BCUT2D eigenvalue weighted by Gasteiger charge is 2.39. The van der Waals surface area contributed by atoms with Gasteiger partial charge < -0.3 is 19.7 Å². The Kier molecular flexibility index (Phi) is 5.68. The highest BCUT2D eigenvalue weighted by atomic mass is 16.5. The Bertz CT molecular complexity index is 784. The number of aliphatic hydroxyl groups is 1. The third-order valence-corrected chi connectivity index (χ3v) is 5.27. The Morgan fingerprint density at radius 3 is 2.30 bits per heavy atom. The van der Waals surface area contributed by atoms with Crippen LogP contribution in [0.1, 0.15) is 30.0 Å². The monoisotopic (exact) mass is 371 g/mol. The maximum atomic E-state index is 12.1. The van der Waals surface area contributed by atoms with Gasteiger partial charge in [-0.15, -0.1) is 0 Å². The zero-order valence-corrected chi connectivity index (χ0v) is 15.6. The summed E-state index contributed by atoms with van der Waals surface area (Å²) in [5.41, 5.74) is 0.527. The molecule has 3 rings (SSSR count). The van der Waals surface area contributed by atoms with E-state index in [4.69, 9.17) is 9.47 Å². The quantitative estimate of drug-likeness (QED) is 0.813. The number of carboxylic acids is 1. The molecule has 27 heavy (non-hydrogen) atoms. The molecular weight excluding hydrogens is 346 g/mol. The normalized spacial score (nSPS) is 17.9. The first kappa shape index (κ1) is 19.2. The van der Waals surface area contributed by atoms with Crippen LogP contribution in [0.25, 0.3) is 0 Å². The largest absolute Gasteiger partial charge is 0.497 e. The van der Waals surface area contributed by atoms with Crippen LogP contribution in [0.15, 0.2) is 48.5 Å². The van der Waals surface area contributed by atoms with E-state index in [-0.39, 0.29) is 0 Å². The molecule has 1 unspecified atom stereocenters. The molecule has 0 bridgehead atoms. The fourth-order valence-corrected chi connectivity index (χ4v) is 3.72. The molecule has 1 aliphatic heterocycles. The molecule has 6 heteroatoms. The Labute approximate surface area is 159 Å². The smallest absolute Gasteiger partial charge is 0.325 e. The second kappa shape index (κ2) is 7.98. The lowest BCUT2D eigenvalue weighted by Crippen LogP contribution is -2.46. The van der Waals surface area contributed by atoms with E-state index >= 15 is 0 Å².